The van der Waals surface area contributed by atoms with Crippen molar-refractivity contribution in [2.45, 2.75) is 31.7 Å². The van der Waals surface area contributed by atoms with Crippen molar-refractivity contribution >= 4 is 11.7 Å². The first-order chi connectivity index (χ1) is 19.6. The van der Waals surface area contributed by atoms with Crippen LogP contribution >= 0.6 is 0 Å². The zero-order valence-electron chi connectivity index (χ0n) is 22.5. The maximum Gasteiger partial charge on any atom is 0.221 e. The quantitative estimate of drug-likeness (QED) is 0.296. The number of halogens is 1. The van der Waals surface area contributed by atoms with Gasteiger partial charge in [-0.15, -0.1) is 0 Å². The Morgan fingerprint density at radius 3 is 2.65 bits per heavy atom. The molecule has 0 bridgehead atoms. The van der Waals surface area contributed by atoms with Gasteiger partial charge in [-0.2, -0.15) is 4.98 Å². The maximum absolute atomic E-state index is 13.4. The monoisotopic (exact) mass is 545 g/mol. The van der Waals surface area contributed by atoms with Crippen molar-refractivity contribution < 1.29 is 23.7 Å². The van der Waals surface area contributed by atoms with Gasteiger partial charge in [0.1, 0.15) is 30.6 Å². The van der Waals surface area contributed by atoms with E-state index in [4.69, 9.17) is 19.2 Å². The van der Waals surface area contributed by atoms with Gasteiger partial charge >= 0.3 is 0 Å². The summed E-state index contributed by atoms with van der Waals surface area (Å²) in [6.45, 7) is 5.29. The summed E-state index contributed by atoms with van der Waals surface area (Å²) in [5.41, 5.74) is 1.10. The van der Waals surface area contributed by atoms with Crippen LogP contribution < -0.4 is 24.2 Å². The van der Waals surface area contributed by atoms with Crippen molar-refractivity contribution in [3.05, 3.63) is 72.0 Å². The van der Waals surface area contributed by atoms with E-state index in [1.54, 1.807) is 18.2 Å². The fraction of sp³-hybridized carbons (Fsp3) is 0.419. The number of rotatable bonds is 9. The van der Waals surface area contributed by atoms with Crippen molar-refractivity contribution in [2.24, 2.45) is 10.9 Å². The third-order valence-electron chi connectivity index (χ3n) is 7.66. The molecule has 6 rings (SSSR count). The Bertz CT molecular complexity index is 1330. The minimum atomic E-state index is -0.318. The van der Waals surface area contributed by atoms with Gasteiger partial charge in [-0.05, 0) is 92.7 Å². The molecule has 210 valence electrons. The first-order valence-corrected chi connectivity index (χ1v) is 14.1. The van der Waals surface area contributed by atoms with Crippen molar-refractivity contribution in [1.82, 2.24) is 9.88 Å². The highest BCUT2D eigenvalue weighted by atomic mass is 19.1. The lowest BCUT2D eigenvalue weighted by atomic mass is 10.0. The normalized spacial score (nSPS) is 20.1. The first kappa shape index (κ1) is 26.4. The Labute approximate surface area is 234 Å². The van der Waals surface area contributed by atoms with Gasteiger partial charge in [0, 0.05) is 31.6 Å². The molecule has 0 saturated carbocycles. The molecular formula is C31H34FN4O4-. The molecule has 8 nitrogen and oxygen atoms in total. The number of hydrogen-bond acceptors (Lipinski definition) is 8. The minimum Gasteiger partial charge on any atom is -0.862 e. The van der Waals surface area contributed by atoms with Gasteiger partial charge in [-0.1, -0.05) is 12.1 Å². The lowest BCUT2D eigenvalue weighted by Crippen LogP contribution is -2.36. The number of pyridine rings is 1. The topological polar surface area (TPSA) is 82.5 Å². The lowest BCUT2D eigenvalue weighted by Gasteiger charge is -2.26. The largest absolute Gasteiger partial charge is 0.862 e. The number of nitrogens with zero attached hydrogens (tertiary/aromatic N) is 4. The highest BCUT2D eigenvalue weighted by Crippen LogP contribution is 2.32. The summed E-state index contributed by atoms with van der Waals surface area (Å²) >= 11 is 0. The van der Waals surface area contributed by atoms with Crippen LogP contribution in [0.2, 0.25) is 0 Å². The smallest absolute Gasteiger partial charge is 0.221 e. The Morgan fingerprint density at radius 1 is 1.02 bits per heavy atom. The zero-order chi connectivity index (χ0) is 27.3. The van der Waals surface area contributed by atoms with Crippen molar-refractivity contribution in [3.8, 4) is 23.1 Å². The summed E-state index contributed by atoms with van der Waals surface area (Å²) in [4.78, 5) is 13.9. The van der Waals surface area contributed by atoms with E-state index < -0.39 is 0 Å². The number of benzene rings is 2. The second-order valence-corrected chi connectivity index (χ2v) is 10.6. The van der Waals surface area contributed by atoms with Gasteiger partial charge in [-0.3, -0.25) is 0 Å². The minimum absolute atomic E-state index is 0.0389. The SMILES string of the molecule is [O-]C(=NC(Cc1ccc2c(c1)OCCO2)CN1CCCC1)[C@@H]1CCN(c2cccc(Oc3ccc(F)cc3)n2)C1. The Hall–Kier alpha value is -3.85. The van der Waals surface area contributed by atoms with Crippen LogP contribution in [0.5, 0.6) is 23.1 Å². The molecule has 2 fully saturated rings. The number of anilines is 1. The van der Waals surface area contributed by atoms with Crippen LogP contribution in [0, 0.1) is 11.7 Å². The predicted molar refractivity (Wildman–Crippen MR) is 149 cm³/mol. The molecule has 2 saturated heterocycles. The summed E-state index contributed by atoms with van der Waals surface area (Å²) < 4.78 is 30.5. The molecule has 0 spiro atoms. The van der Waals surface area contributed by atoms with Gasteiger partial charge < -0.3 is 34.1 Å². The van der Waals surface area contributed by atoms with Crippen molar-refractivity contribution in [3.63, 3.8) is 0 Å². The van der Waals surface area contributed by atoms with Gasteiger partial charge in [-0.25, -0.2) is 4.39 Å². The predicted octanol–water partition coefficient (Wildman–Crippen LogP) is 4.08. The standard InChI is InChI=1S/C31H35FN4O4/c32-24-7-9-26(10-8-24)40-30-5-3-4-29(34-30)36-15-12-23(20-36)31(37)33-25(21-35-13-1-2-14-35)18-22-6-11-27-28(19-22)39-17-16-38-27/h3-11,19,23,25H,1-2,12-18,20-21H2,(H,33,37)/p-1/t23-,25?/m1/s1. The molecule has 0 radical (unpaired) electrons. The fourth-order valence-electron chi connectivity index (χ4n) is 5.62. The van der Waals surface area contributed by atoms with Crippen LogP contribution in [0.3, 0.4) is 0 Å². The van der Waals surface area contributed by atoms with Gasteiger partial charge in [0.2, 0.25) is 5.88 Å². The average molecular weight is 546 g/mol. The number of fused-ring (bicyclic) bond motifs is 1. The lowest BCUT2D eigenvalue weighted by molar-refractivity contribution is -0.223. The average Bonchev–Trinajstić information content (AvgIpc) is 3.67. The Morgan fingerprint density at radius 2 is 1.82 bits per heavy atom. The highest BCUT2D eigenvalue weighted by molar-refractivity contribution is 5.76. The summed E-state index contributed by atoms with van der Waals surface area (Å²) in [5, 5.41) is 13.4. The number of aliphatic imine (C=N–C) groups is 1. The van der Waals surface area contributed by atoms with E-state index in [1.807, 2.05) is 24.3 Å². The molecule has 4 heterocycles. The molecule has 3 aliphatic rings. The zero-order valence-corrected chi connectivity index (χ0v) is 22.5. The number of hydrogen-bond donors (Lipinski definition) is 0. The number of likely N-dealkylation sites (tertiary alicyclic amines) is 1. The Kier molecular flexibility index (Phi) is 7.99. The van der Waals surface area contributed by atoms with Crippen LogP contribution in [0.25, 0.3) is 0 Å². The molecular weight excluding hydrogens is 511 g/mol. The summed E-state index contributed by atoms with van der Waals surface area (Å²) in [6, 6.07) is 17.3. The molecule has 9 heteroatoms. The molecule has 1 unspecified atom stereocenters. The molecule has 0 N–H and O–H groups in total. The molecule has 2 atom stereocenters. The third-order valence-corrected chi connectivity index (χ3v) is 7.66. The Balaban J connectivity index is 1.13. The molecule has 0 amide bonds. The second-order valence-electron chi connectivity index (χ2n) is 10.6. The van der Waals surface area contributed by atoms with Crippen LogP contribution in [0.1, 0.15) is 24.8 Å². The van der Waals surface area contributed by atoms with Crippen LogP contribution in [0.15, 0.2) is 65.7 Å². The van der Waals surface area contributed by atoms with Gasteiger partial charge in [0.05, 0.1) is 6.04 Å². The number of aromatic nitrogens is 1. The van der Waals surface area contributed by atoms with E-state index in [9.17, 15) is 9.50 Å². The third kappa shape index (κ3) is 6.47. The highest BCUT2D eigenvalue weighted by Gasteiger charge is 2.26. The van der Waals surface area contributed by atoms with Gasteiger partial charge in [0.15, 0.2) is 11.5 Å². The van der Waals surface area contributed by atoms with Crippen LogP contribution in [-0.4, -0.2) is 67.8 Å². The van der Waals surface area contributed by atoms with E-state index in [1.165, 1.54) is 25.0 Å². The fourth-order valence-corrected chi connectivity index (χ4v) is 5.62. The maximum atomic E-state index is 13.4. The number of ether oxygens (including phenoxy) is 3. The van der Waals surface area contributed by atoms with Gasteiger partial charge in [0.25, 0.3) is 0 Å². The first-order valence-electron chi connectivity index (χ1n) is 14.1. The molecule has 2 aromatic carbocycles. The van der Waals surface area contributed by atoms with Crippen LogP contribution in [-0.2, 0) is 6.42 Å². The van der Waals surface area contributed by atoms with Crippen molar-refractivity contribution in [1.29, 1.82) is 0 Å². The summed E-state index contributed by atoms with van der Waals surface area (Å²) in [6.07, 6.45) is 3.80. The molecule has 1 aromatic heterocycles. The summed E-state index contributed by atoms with van der Waals surface area (Å²) in [5.74, 6) is 2.69. The molecule has 0 aliphatic carbocycles. The second kappa shape index (κ2) is 12.1. The van der Waals surface area contributed by atoms with Crippen molar-refractivity contribution in [2.75, 3.05) is 50.8 Å². The van der Waals surface area contributed by atoms with E-state index in [2.05, 4.69) is 20.9 Å². The molecule has 3 aliphatic heterocycles. The van der Waals surface area contributed by atoms with E-state index in [0.717, 1.165) is 55.5 Å². The van der Waals surface area contributed by atoms with E-state index >= 15 is 0 Å². The van der Waals surface area contributed by atoms with E-state index in [-0.39, 0.29) is 23.7 Å². The van der Waals surface area contributed by atoms with Crippen LogP contribution in [0.4, 0.5) is 10.2 Å². The summed E-state index contributed by atoms with van der Waals surface area (Å²) in [7, 11) is 0. The van der Waals surface area contributed by atoms with E-state index in [0.29, 0.717) is 37.8 Å². The molecule has 3 aromatic rings. The molecule has 40 heavy (non-hydrogen) atoms.